The number of carbonyl (C=O) groups excluding carboxylic acids is 4. The van der Waals surface area contributed by atoms with Gasteiger partial charge in [0, 0.05) is 17.7 Å². The van der Waals surface area contributed by atoms with Crippen molar-refractivity contribution in [3.63, 3.8) is 0 Å². The number of carboxylic acids is 1. The average Bonchev–Trinajstić information content (AvgIpc) is 3.36. The summed E-state index contributed by atoms with van der Waals surface area (Å²) < 4.78 is 16.3. The van der Waals surface area contributed by atoms with Crippen LogP contribution in [-0.4, -0.2) is 65.8 Å². The Morgan fingerprint density at radius 2 is 1.88 bits per heavy atom. The quantitative estimate of drug-likeness (QED) is 0.190. The number of hydrogen-bond acceptors (Lipinski definition) is 9. The van der Waals surface area contributed by atoms with Gasteiger partial charge in [-0.05, 0) is 36.6 Å². The third-order valence-corrected chi connectivity index (χ3v) is 7.29. The van der Waals surface area contributed by atoms with Crippen LogP contribution in [0.25, 0.3) is 0 Å². The van der Waals surface area contributed by atoms with E-state index in [9.17, 15) is 29.1 Å². The second-order valence-corrected chi connectivity index (χ2v) is 11.0. The van der Waals surface area contributed by atoms with E-state index in [2.05, 4.69) is 10.6 Å². The van der Waals surface area contributed by atoms with Crippen LogP contribution in [0.3, 0.4) is 0 Å². The molecule has 11 nitrogen and oxygen atoms in total. The topological polar surface area (TPSA) is 157 Å². The highest BCUT2D eigenvalue weighted by atomic mass is 32.2. The highest BCUT2D eigenvalue weighted by Gasteiger charge is 2.29. The third-order valence-electron chi connectivity index (χ3n) is 6.28. The van der Waals surface area contributed by atoms with Crippen molar-refractivity contribution < 1.29 is 43.3 Å². The molecule has 2 aromatic rings. The molecule has 2 aromatic carbocycles. The van der Waals surface area contributed by atoms with Crippen LogP contribution in [0.5, 0.6) is 11.5 Å². The molecule has 1 aliphatic heterocycles. The van der Waals surface area contributed by atoms with Crippen LogP contribution < -0.4 is 20.1 Å². The lowest BCUT2D eigenvalue weighted by molar-refractivity contribution is -0.143. The summed E-state index contributed by atoms with van der Waals surface area (Å²) in [6.45, 7) is 5.84. The average molecular weight is 613 g/mol. The molecule has 3 N–H and O–H groups in total. The third kappa shape index (κ3) is 10.5. The maximum absolute atomic E-state index is 13.2. The Kier molecular flexibility index (Phi) is 12.6. The van der Waals surface area contributed by atoms with Gasteiger partial charge in [0.25, 0.3) is 0 Å². The smallest absolute Gasteiger partial charge is 0.347 e. The van der Waals surface area contributed by atoms with Crippen LogP contribution in [0.1, 0.15) is 38.3 Å². The van der Waals surface area contributed by atoms with Crippen LogP contribution in [0.15, 0.2) is 60.3 Å². The fraction of sp³-hybridized carbons (Fsp3) is 0.387. The summed E-state index contributed by atoms with van der Waals surface area (Å²) in [5.74, 6) is -2.75. The number of allylic oxidation sites excluding steroid dienone is 1. The minimum absolute atomic E-state index is 0.0514. The minimum Gasteiger partial charge on any atom is -0.494 e. The number of ketones is 1. The van der Waals surface area contributed by atoms with Gasteiger partial charge in [-0.25, -0.2) is 9.59 Å². The normalized spacial score (nSPS) is 15.4. The maximum atomic E-state index is 13.2. The molecular weight excluding hydrogens is 576 g/mol. The summed E-state index contributed by atoms with van der Waals surface area (Å²) in [4.78, 5) is 62.4. The first-order chi connectivity index (χ1) is 20.6. The Morgan fingerprint density at radius 1 is 1.14 bits per heavy atom. The van der Waals surface area contributed by atoms with Gasteiger partial charge in [-0.2, -0.15) is 0 Å². The van der Waals surface area contributed by atoms with Crippen molar-refractivity contribution in [3.05, 3.63) is 71.4 Å². The Labute approximate surface area is 254 Å². The molecule has 43 heavy (non-hydrogen) atoms. The van der Waals surface area contributed by atoms with Crippen molar-refractivity contribution in [2.24, 2.45) is 5.92 Å². The van der Waals surface area contributed by atoms with E-state index in [1.807, 2.05) is 30.3 Å². The van der Waals surface area contributed by atoms with Crippen molar-refractivity contribution in [1.82, 2.24) is 10.6 Å². The van der Waals surface area contributed by atoms with Crippen LogP contribution in [0.2, 0.25) is 0 Å². The van der Waals surface area contributed by atoms with Gasteiger partial charge in [0.15, 0.2) is 11.9 Å². The van der Waals surface area contributed by atoms with E-state index in [4.69, 9.17) is 14.2 Å². The Bertz CT molecular complexity index is 1340. The number of aliphatic carboxylic acids is 1. The predicted octanol–water partition coefficient (Wildman–Crippen LogP) is 3.05. The molecule has 12 heteroatoms. The summed E-state index contributed by atoms with van der Waals surface area (Å²) in [5, 5.41) is 14.4. The van der Waals surface area contributed by atoms with Gasteiger partial charge in [-0.3, -0.25) is 14.4 Å². The van der Waals surface area contributed by atoms with Gasteiger partial charge in [0.05, 0.1) is 37.2 Å². The summed E-state index contributed by atoms with van der Waals surface area (Å²) in [5.41, 5.74) is 1.11. The standard InChI is InChI=1S/C31H36N2O9S/c1-4-40-25-11-10-22(42-26-12-13-41-31(26)39)14-21(25)15-27(35)33-29(19(2)3)30(38)32-23(16-28(36)37)24(34)18-43-17-20-8-6-5-7-9-20/h5-11,14,16,19,26,29H,4,12-13,15,17-18H2,1-3H3,(H,32,38)(H,33,35)(H,36,37)/t26?,29-/m0/s1. The lowest BCUT2D eigenvalue weighted by Crippen LogP contribution is -2.50. The second-order valence-electron chi connectivity index (χ2n) is 10.0. The van der Waals surface area contributed by atoms with Crippen molar-refractivity contribution in [2.45, 2.75) is 51.5 Å². The molecule has 2 atom stereocenters. The fourth-order valence-corrected chi connectivity index (χ4v) is 5.05. The Hall–Kier alpha value is -4.32. The monoisotopic (exact) mass is 612 g/mol. The maximum Gasteiger partial charge on any atom is 0.347 e. The van der Waals surface area contributed by atoms with Crippen LogP contribution in [0, 0.1) is 5.92 Å². The van der Waals surface area contributed by atoms with Crippen LogP contribution in [-0.2, 0) is 40.9 Å². The number of thioether (sulfide) groups is 1. The van der Waals surface area contributed by atoms with E-state index >= 15 is 0 Å². The number of rotatable bonds is 16. The number of carboxylic acid groups (broad SMARTS) is 1. The zero-order valence-corrected chi connectivity index (χ0v) is 25.1. The lowest BCUT2D eigenvalue weighted by Gasteiger charge is -2.23. The van der Waals surface area contributed by atoms with Crippen molar-refractivity contribution >= 4 is 41.3 Å². The van der Waals surface area contributed by atoms with Gasteiger partial charge in [-0.15, -0.1) is 11.8 Å². The van der Waals surface area contributed by atoms with E-state index in [1.54, 1.807) is 39.0 Å². The predicted molar refractivity (Wildman–Crippen MR) is 160 cm³/mol. The van der Waals surface area contributed by atoms with E-state index in [0.29, 0.717) is 41.9 Å². The molecule has 1 unspecified atom stereocenters. The second kappa shape index (κ2) is 16.4. The molecule has 1 saturated heterocycles. The first-order valence-corrected chi connectivity index (χ1v) is 15.0. The van der Waals surface area contributed by atoms with Crippen molar-refractivity contribution in [2.75, 3.05) is 19.0 Å². The molecule has 1 heterocycles. The van der Waals surface area contributed by atoms with Gasteiger partial charge >= 0.3 is 11.9 Å². The summed E-state index contributed by atoms with van der Waals surface area (Å²) in [7, 11) is 0. The lowest BCUT2D eigenvalue weighted by atomic mass is 10.0. The highest BCUT2D eigenvalue weighted by molar-refractivity contribution is 7.99. The van der Waals surface area contributed by atoms with E-state index < -0.39 is 47.6 Å². The van der Waals surface area contributed by atoms with E-state index in [1.165, 1.54) is 11.8 Å². The number of ether oxygens (including phenoxy) is 3. The number of amides is 2. The minimum atomic E-state index is -1.39. The van der Waals surface area contributed by atoms with Crippen LogP contribution in [0.4, 0.5) is 0 Å². The van der Waals surface area contributed by atoms with E-state index in [-0.39, 0.29) is 24.5 Å². The molecule has 0 aromatic heterocycles. The molecule has 0 aliphatic carbocycles. The first-order valence-electron chi connectivity index (χ1n) is 13.9. The number of nitrogens with one attached hydrogen (secondary N) is 2. The number of cyclic esters (lactones) is 1. The first kappa shape index (κ1) is 33.2. The molecule has 1 aliphatic rings. The highest BCUT2D eigenvalue weighted by Crippen LogP contribution is 2.27. The zero-order valence-electron chi connectivity index (χ0n) is 24.3. The molecular formula is C31H36N2O9S. The fourth-order valence-electron chi connectivity index (χ4n) is 4.18. The number of esters is 1. The van der Waals surface area contributed by atoms with E-state index in [0.717, 1.165) is 5.56 Å². The van der Waals surface area contributed by atoms with Gasteiger partial charge in [0.2, 0.25) is 11.8 Å². The van der Waals surface area contributed by atoms with Gasteiger partial charge in [0.1, 0.15) is 17.5 Å². The molecule has 0 spiro atoms. The van der Waals surface area contributed by atoms with Crippen molar-refractivity contribution in [3.8, 4) is 11.5 Å². The summed E-state index contributed by atoms with van der Waals surface area (Å²) in [6, 6.07) is 13.3. The molecule has 1 fully saturated rings. The van der Waals surface area contributed by atoms with Gasteiger partial charge < -0.3 is 30.0 Å². The Balaban J connectivity index is 1.67. The molecule has 0 saturated carbocycles. The SMILES string of the molecule is CCOc1ccc(OC2CCOC2=O)cc1CC(=O)N[C@H](C(=O)NC(=CC(=O)O)C(=O)CSCc1ccccc1)C(C)C. The largest absolute Gasteiger partial charge is 0.494 e. The summed E-state index contributed by atoms with van der Waals surface area (Å²) >= 11 is 1.29. The zero-order chi connectivity index (χ0) is 31.4. The number of benzene rings is 2. The molecule has 3 rings (SSSR count). The van der Waals surface area contributed by atoms with Crippen molar-refractivity contribution in [1.29, 1.82) is 0 Å². The Morgan fingerprint density at radius 3 is 2.51 bits per heavy atom. The summed E-state index contributed by atoms with van der Waals surface area (Å²) in [6.07, 6.45) is 0.161. The van der Waals surface area contributed by atoms with Gasteiger partial charge in [-0.1, -0.05) is 44.2 Å². The molecule has 0 radical (unpaired) electrons. The molecule has 0 bridgehead atoms. The number of hydrogen-bond donors (Lipinski definition) is 3. The molecule has 2 amide bonds. The molecule has 230 valence electrons. The number of Topliss-reactive ketones (excluding diaryl/α,β-unsaturated/α-hetero) is 1. The van der Waals surface area contributed by atoms with Crippen LogP contribution >= 0.6 is 11.8 Å². The number of carbonyl (C=O) groups is 5.